The minimum absolute atomic E-state index is 0.154. The average molecular weight is 276 g/mol. The topological polar surface area (TPSA) is 88.1 Å². The lowest BCUT2D eigenvalue weighted by Crippen LogP contribution is -2.19. The minimum atomic E-state index is -1.29. The van der Waals surface area contributed by atoms with Crippen molar-refractivity contribution < 1.29 is 14.6 Å². The number of halogens is 1. The van der Waals surface area contributed by atoms with Gasteiger partial charge < -0.3 is 20.5 Å². The monoisotopic (exact) mass is 275 g/mol. The Balaban J connectivity index is 4.54. The molecule has 0 amide bonds. The summed E-state index contributed by atoms with van der Waals surface area (Å²) >= 11 is 5.77. The van der Waals surface area contributed by atoms with Crippen LogP contribution in [0.15, 0.2) is 28.7 Å². The number of hydrogen-bond acceptors (Lipinski definition) is 5. The zero-order chi connectivity index (χ0) is 14.1. The van der Waals surface area contributed by atoms with Gasteiger partial charge in [-0.2, -0.15) is 0 Å². The summed E-state index contributed by atoms with van der Waals surface area (Å²) in [7, 11) is 3.87. The van der Waals surface area contributed by atoms with Crippen molar-refractivity contribution in [2.75, 3.05) is 27.2 Å². The van der Waals surface area contributed by atoms with Crippen molar-refractivity contribution in [3.63, 3.8) is 0 Å². The smallest absolute Gasteiger partial charge is 0.356 e. The van der Waals surface area contributed by atoms with E-state index in [-0.39, 0.29) is 10.9 Å². The molecule has 0 aliphatic carbocycles. The molecule has 6 nitrogen and oxygen atoms in total. The number of hydrogen-bond donors (Lipinski definition) is 2. The second-order valence-corrected chi connectivity index (χ2v) is 4.03. The van der Waals surface area contributed by atoms with Gasteiger partial charge in [-0.25, -0.2) is 9.79 Å². The molecule has 0 radical (unpaired) electrons. The third kappa shape index (κ3) is 6.27. The molecular weight excluding hydrogens is 258 g/mol. The van der Waals surface area contributed by atoms with Crippen LogP contribution in [0.2, 0.25) is 0 Å². The van der Waals surface area contributed by atoms with Crippen molar-refractivity contribution in [3.8, 4) is 0 Å². The van der Waals surface area contributed by atoms with Gasteiger partial charge in [-0.15, -0.1) is 0 Å². The van der Waals surface area contributed by atoms with Gasteiger partial charge in [0.2, 0.25) is 5.88 Å². The fraction of sp³-hybridized carbons (Fsp3) is 0.455. The Morgan fingerprint density at radius 3 is 2.67 bits per heavy atom. The number of nitrogens with two attached hydrogens (primary N) is 1. The molecule has 0 heterocycles. The van der Waals surface area contributed by atoms with Gasteiger partial charge in [-0.3, -0.25) is 0 Å². The highest BCUT2D eigenvalue weighted by molar-refractivity contribution is 6.58. The Morgan fingerprint density at radius 1 is 1.61 bits per heavy atom. The zero-order valence-corrected chi connectivity index (χ0v) is 11.3. The molecule has 0 fully saturated rings. The van der Waals surface area contributed by atoms with Crippen LogP contribution in [0, 0.1) is 0 Å². The van der Waals surface area contributed by atoms with Gasteiger partial charge in [0.15, 0.2) is 5.71 Å². The Labute approximate surface area is 111 Å². The first kappa shape index (κ1) is 16.5. The summed E-state index contributed by atoms with van der Waals surface area (Å²) < 4.78 is 5.15. The molecule has 0 aromatic rings. The molecule has 0 unspecified atom stereocenters. The maximum Gasteiger partial charge on any atom is 0.356 e. The molecule has 0 aliphatic heterocycles. The molecule has 0 atom stereocenters. The maximum absolute atomic E-state index is 10.8. The second-order valence-electron chi connectivity index (χ2n) is 3.65. The van der Waals surface area contributed by atoms with E-state index in [9.17, 15) is 4.79 Å². The summed E-state index contributed by atoms with van der Waals surface area (Å²) in [6.07, 6.45) is 1.82. The number of aliphatic carboxylic acids is 1. The number of ether oxygens (including phenoxy) is 1. The van der Waals surface area contributed by atoms with Crippen LogP contribution in [0.4, 0.5) is 0 Å². The molecule has 7 heteroatoms. The van der Waals surface area contributed by atoms with Gasteiger partial charge >= 0.3 is 5.97 Å². The number of nitrogens with zero attached hydrogens (tertiary/aromatic N) is 2. The summed E-state index contributed by atoms with van der Waals surface area (Å²) in [5, 5.41) is 8.62. The van der Waals surface area contributed by atoms with E-state index in [0.717, 1.165) is 19.2 Å². The third-order valence-electron chi connectivity index (χ3n) is 1.85. The van der Waals surface area contributed by atoms with Crippen LogP contribution in [0.25, 0.3) is 0 Å². The van der Waals surface area contributed by atoms with Gasteiger partial charge in [0.25, 0.3) is 0 Å². The molecule has 0 aromatic carbocycles. The summed E-state index contributed by atoms with van der Waals surface area (Å²) in [6, 6.07) is 0. The maximum atomic E-state index is 10.8. The number of aliphatic imine (C=N–C) groups is 1. The number of rotatable bonds is 8. The van der Waals surface area contributed by atoms with E-state index in [4.69, 9.17) is 27.2 Å². The molecule has 0 saturated carbocycles. The van der Waals surface area contributed by atoms with Gasteiger partial charge in [0.1, 0.15) is 5.03 Å². The summed E-state index contributed by atoms with van der Waals surface area (Å²) in [5.74, 6) is -1.45. The van der Waals surface area contributed by atoms with Crippen molar-refractivity contribution in [2.45, 2.75) is 6.42 Å². The number of carboxylic acids is 1. The predicted molar refractivity (Wildman–Crippen MR) is 71.5 cm³/mol. The van der Waals surface area contributed by atoms with Crippen LogP contribution in [-0.2, 0) is 9.53 Å². The highest BCUT2D eigenvalue weighted by Gasteiger charge is 2.17. The standard InChI is InChI=1S/C11H18ClN3O3/c1-4-14-9(11(16)17)8(12)10(13)18-7-5-6-15(2)3/h4H,1,5-7,13H2,2-3H3,(H,16,17)/b10-8-,14-9+. The Hall–Kier alpha value is -1.53. The van der Waals surface area contributed by atoms with E-state index < -0.39 is 11.7 Å². The van der Waals surface area contributed by atoms with Crippen LogP contribution >= 0.6 is 11.6 Å². The van der Waals surface area contributed by atoms with Gasteiger partial charge in [-0.05, 0) is 20.5 Å². The van der Waals surface area contributed by atoms with Gasteiger partial charge in [0, 0.05) is 12.7 Å². The lowest BCUT2D eigenvalue weighted by molar-refractivity contribution is -0.129. The molecule has 0 spiro atoms. The summed E-state index contributed by atoms with van der Waals surface area (Å²) in [4.78, 5) is 16.4. The quantitative estimate of drug-likeness (QED) is 0.392. The lowest BCUT2D eigenvalue weighted by atomic mass is 10.3. The third-order valence-corrected chi connectivity index (χ3v) is 2.22. The van der Waals surface area contributed by atoms with E-state index in [1.165, 1.54) is 0 Å². The van der Waals surface area contributed by atoms with E-state index in [0.29, 0.717) is 6.61 Å². The number of carbonyl (C=O) groups is 1. The average Bonchev–Trinajstić information content (AvgIpc) is 2.29. The molecule has 0 aromatic heterocycles. The Bertz CT molecular complexity index is 365. The SMILES string of the molecule is C=C/N=C(C(=O)O)\C(Cl)=C(/N)OCCCN(C)C. The van der Waals surface area contributed by atoms with Crippen molar-refractivity contribution in [2.24, 2.45) is 10.7 Å². The van der Waals surface area contributed by atoms with E-state index in [1.807, 2.05) is 19.0 Å². The van der Waals surface area contributed by atoms with Crippen LogP contribution in [0.1, 0.15) is 6.42 Å². The summed E-state index contributed by atoms with van der Waals surface area (Å²) in [5.41, 5.74) is 5.14. The van der Waals surface area contributed by atoms with Crippen LogP contribution in [0.3, 0.4) is 0 Å². The molecule has 3 N–H and O–H groups in total. The molecule has 102 valence electrons. The molecule has 0 aliphatic rings. The van der Waals surface area contributed by atoms with Crippen molar-refractivity contribution in [1.82, 2.24) is 4.90 Å². The van der Waals surface area contributed by atoms with E-state index >= 15 is 0 Å². The number of carboxylic acid groups (broad SMARTS) is 1. The fourth-order valence-electron chi connectivity index (χ4n) is 1.04. The molecule has 18 heavy (non-hydrogen) atoms. The van der Waals surface area contributed by atoms with Gasteiger partial charge in [0.05, 0.1) is 6.61 Å². The minimum Gasteiger partial charge on any atom is -0.478 e. The normalized spacial score (nSPS) is 13.2. The first-order chi connectivity index (χ1) is 8.40. The fourth-order valence-corrected chi connectivity index (χ4v) is 1.22. The highest BCUT2D eigenvalue weighted by Crippen LogP contribution is 2.10. The second kappa shape index (κ2) is 8.54. The van der Waals surface area contributed by atoms with E-state index in [2.05, 4.69) is 11.6 Å². The van der Waals surface area contributed by atoms with E-state index in [1.54, 1.807) is 0 Å². The lowest BCUT2D eigenvalue weighted by Gasteiger charge is -2.11. The predicted octanol–water partition coefficient (Wildman–Crippen LogP) is 0.990. The van der Waals surface area contributed by atoms with Gasteiger partial charge in [-0.1, -0.05) is 18.2 Å². The highest BCUT2D eigenvalue weighted by atomic mass is 35.5. The molecular formula is C11H18ClN3O3. The Kier molecular flexibility index (Phi) is 7.82. The van der Waals surface area contributed by atoms with Crippen LogP contribution in [-0.4, -0.2) is 48.9 Å². The summed E-state index contributed by atoms with van der Waals surface area (Å²) in [6.45, 7) is 4.48. The first-order valence-corrected chi connectivity index (χ1v) is 5.63. The molecule has 0 bridgehead atoms. The van der Waals surface area contributed by atoms with Crippen LogP contribution in [0.5, 0.6) is 0 Å². The van der Waals surface area contributed by atoms with Crippen molar-refractivity contribution in [1.29, 1.82) is 0 Å². The van der Waals surface area contributed by atoms with Crippen molar-refractivity contribution in [3.05, 3.63) is 23.7 Å². The molecule has 0 saturated heterocycles. The largest absolute Gasteiger partial charge is 0.478 e. The van der Waals surface area contributed by atoms with Crippen LogP contribution < -0.4 is 5.73 Å². The Morgan fingerprint density at radius 2 is 2.22 bits per heavy atom. The van der Waals surface area contributed by atoms with Crippen molar-refractivity contribution >= 4 is 23.3 Å². The first-order valence-electron chi connectivity index (χ1n) is 5.25. The molecule has 0 rings (SSSR count). The zero-order valence-electron chi connectivity index (χ0n) is 10.5.